The molecule has 7 heteroatoms. The third kappa shape index (κ3) is 7.14. The van der Waals surface area contributed by atoms with Gasteiger partial charge in [-0.05, 0) is 81.4 Å². The Hall–Kier alpha value is -3.48. The standard InChI is InChI=1S/C32H28BrClFN3O/c33-30-20-37-38-21-27(17-25(18-32(30)38)29-6-1-2-7-31(29)34)36-19-24-10-8-22(9-11-24)12-14-28(39)15-13-23-4-3-5-26(35)16-23/h1-11,16-18,20,36H,12-15,19,21H2. The van der Waals surface area contributed by atoms with Crippen LogP contribution in [0.2, 0.25) is 5.02 Å². The lowest BCUT2D eigenvalue weighted by Gasteiger charge is -2.12. The molecule has 0 fully saturated rings. The number of carbonyl (C=O) groups is 1. The second kappa shape index (κ2) is 12.6. The molecule has 1 aliphatic rings. The van der Waals surface area contributed by atoms with E-state index in [1.165, 1.54) is 12.1 Å². The first-order valence-corrected chi connectivity index (χ1v) is 14.1. The van der Waals surface area contributed by atoms with Crippen LogP contribution in [0.15, 0.2) is 95.2 Å². The highest BCUT2D eigenvalue weighted by Crippen LogP contribution is 2.31. The van der Waals surface area contributed by atoms with E-state index in [4.69, 9.17) is 11.6 Å². The SMILES string of the molecule is O=C(CCc1ccc(CNC2=CC(c3ccccc3Cl)=Cc3c(Br)cnn3C2)cc1)CCc1cccc(F)c1. The quantitative estimate of drug-likeness (QED) is 0.201. The number of carbonyl (C=O) groups excluding carboxylic acids is 1. The third-order valence-electron chi connectivity index (χ3n) is 6.78. The van der Waals surface area contributed by atoms with Crippen LogP contribution in [0.25, 0.3) is 11.6 Å². The Balaban J connectivity index is 1.18. The number of fused-ring (bicyclic) bond motifs is 1. The zero-order valence-corrected chi connectivity index (χ0v) is 23.7. The van der Waals surface area contributed by atoms with Crippen molar-refractivity contribution in [2.75, 3.05) is 0 Å². The Morgan fingerprint density at radius 1 is 0.949 bits per heavy atom. The molecule has 0 bridgehead atoms. The van der Waals surface area contributed by atoms with Gasteiger partial charge in [0.1, 0.15) is 11.6 Å². The first-order chi connectivity index (χ1) is 18.9. The Morgan fingerprint density at radius 3 is 2.46 bits per heavy atom. The molecule has 4 nitrogen and oxygen atoms in total. The number of rotatable bonds is 10. The van der Waals surface area contributed by atoms with Crippen LogP contribution in [0.3, 0.4) is 0 Å². The minimum Gasteiger partial charge on any atom is -0.383 e. The zero-order chi connectivity index (χ0) is 27.2. The van der Waals surface area contributed by atoms with Crippen molar-refractivity contribution in [1.82, 2.24) is 15.1 Å². The first-order valence-electron chi connectivity index (χ1n) is 12.9. The summed E-state index contributed by atoms with van der Waals surface area (Å²) in [6.45, 7) is 1.27. The van der Waals surface area contributed by atoms with Gasteiger partial charge < -0.3 is 5.32 Å². The number of aryl methyl sites for hydroxylation is 2. The van der Waals surface area contributed by atoms with Crippen LogP contribution in [-0.2, 0) is 30.7 Å². The van der Waals surface area contributed by atoms with Gasteiger partial charge in [-0.2, -0.15) is 5.10 Å². The van der Waals surface area contributed by atoms with E-state index >= 15 is 0 Å². The number of hydrogen-bond acceptors (Lipinski definition) is 3. The average molecular weight is 605 g/mol. The third-order valence-corrected chi connectivity index (χ3v) is 7.72. The number of benzene rings is 3. The number of halogens is 3. The molecule has 5 rings (SSSR count). The normalized spacial score (nSPS) is 12.8. The molecule has 0 spiro atoms. The zero-order valence-electron chi connectivity index (χ0n) is 21.3. The number of hydrogen-bond donors (Lipinski definition) is 1. The summed E-state index contributed by atoms with van der Waals surface area (Å²) in [5.74, 6) is -0.0705. The summed E-state index contributed by atoms with van der Waals surface area (Å²) in [6.07, 6.45) is 8.22. The van der Waals surface area contributed by atoms with E-state index in [-0.39, 0.29) is 11.6 Å². The van der Waals surface area contributed by atoms with Gasteiger partial charge in [-0.3, -0.25) is 9.48 Å². The number of allylic oxidation sites excluding steroid dienone is 3. The van der Waals surface area contributed by atoms with Crippen LogP contribution in [0.1, 0.15) is 40.8 Å². The predicted octanol–water partition coefficient (Wildman–Crippen LogP) is 7.80. The molecule has 2 heterocycles. The molecule has 0 saturated carbocycles. The van der Waals surface area contributed by atoms with E-state index < -0.39 is 0 Å². The average Bonchev–Trinajstić information content (AvgIpc) is 3.16. The van der Waals surface area contributed by atoms with E-state index in [1.54, 1.807) is 6.07 Å². The van der Waals surface area contributed by atoms with Crippen LogP contribution in [0.5, 0.6) is 0 Å². The van der Waals surface area contributed by atoms with E-state index in [0.717, 1.165) is 43.7 Å². The van der Waals surface area contributed by atoms with Crippen molar-refractivity contribution in [3.05, 3.63) is 134 Å². The molecule has 0 saturated heterocycles. The van der Waals surface area contributed by atoms with Crippen molar-refractivity contribution in [3.8, 4) is 0 Å². The highest BCUT2D eigenvalue weighted by molar-refractivity contribution is 9.10. The highest BCUT2D eigenvalue weighted by atomic mass is 79.9. The summed E-state index contributed by atoms with van der Waals surface area (Å²) < 4.78 is 16.2. The number of ketones is 1. The minimum absolute atomic E-state index is 0.192. The second-order valence-corrected chi connectivity index (χ2v) is 10.9. The molecule has 0 aliphatic carbocycles. The van der Waals surface area contributed by atoms with Gasteiger partial charge >= 0.3 is 0 Å². The topological polar surface area (TPSA) is 46.9 Å². The van der Waals surface area contributed by atoms with Gasteiger partial charge in [0.15, 0.2) is 0 Å². The molecule has 198 valence electrons. The molecule has 1 aromatic heterocycles. The number of Topliss-reactive ketones (excluding diaryl/α,β-unsaturated/α-hetero) is 1. The van der Waals surface area contributed by atoms with E-state index in [1.807, 2.05) is 41.2 Å². The predicted molar refractivity (Wildman–Crippen MR) is 159 cm³/mol. The highest BCUT2D eigenvalue weighted by Gasteiger charge is 2.16. The summed E-state index contributed by atoms with van der Waals surface area (Å²) in [6, 6.07) is 22.6. The maximum Gasteiger partial charge on any atom is 0.133 e. The van der Waals surface area contributed by atoms with Crippen molar-refractivity contribution < 1.29 is 9.18 Å². The van der Waals surface area contributed by atoms with Crippen LogP contribution < -0.4 is 5.32 Å². The smallest absolute Gasteiger partial charge is 0.133 e. The summed E-state index contributed by atoms with van der Waals surface area (Å²) in [4.78, 5) is 12.4. The summed E-state index contributed by atoms with van der Waals surface area (Å²) >= 11 is 10.1. The fourth-order valence-corrected chi connectivity index (χ4v) is 5.26. The molecule has 4 aromatic rings. The van der Waals surface area contributed by atoms with Crippen LogP contribution in [0, 0.1) is 5.82 Å². The molecule has 1 aliphatic heterocycles. The fraction of sp³-hybridized carbons (Fsp3) is 0.188. The number of nitrogens with one attached hydrogen (secondary N) is 1. The fourth-order valence-electron chi connectivity index (χ4n) is 4.61. The van der Waals surface area contributed by atoms with Gasteiger partial charge in [-0.15, -0.1) is 0 Å². The Bertz CT molecular complexity index is 1540. The van der Waals surface area contributed by atoms with Crippen molar-refractivity contribution in [1.29, 1.82) is 0 Å². The van der Waals surface area contributed by atoms with E-state index in [0.29, 0.717) is 43.8 Å². The molecule has 0 radical (unpaired) electrons. The van der Waals surface area contributed by atoms with Crippen molar-refractivity contribution in [3.63, 3.8) is 0 Å². The Labute approximate surface area is 241 Å². The van der Waals surface area contributed by atoms with Gasteiger partial charge in [0.05, 0.1) is 22.9 Å². The number of nitrogens with zero attached hydrogens (tertiary/aromatic N) is 2. The lowest BCUT2D eigenvalue weighted by Crippen LogP contribution is -2.18. The van der Waals surface area contributed by atoms with Crippen molar-refractivity contribution >= 4 is 45.0 Å². The number of aromatic nitrogens is 2. The molecule has 0 unspecified atom stereocenters. The van der Waals surface area contributed by atoms with E-state index in [9.17, 15) is 9.18 Å². The summed E-state index contributed by atoms with van der Waals surface area (Å²) in [5.41, 5.74) is 7.13. The largest absolute Gasteiger partial charge is 0.383 e. The molecular weight excluding hydrogens is 577 g/mol. The molecule has 3 aromatic carbocycles. The summed E-state index contributed by atoms with van der Waals surface area (Å²) in [5, 5.41) is 8.79. The van der Waals surface area contributed by atoms with Crippen LogP contribution in [-0.4, -0.2) is 15.6 Å². The molecule has 39 heavy (non-hydrogen) atoms. The maximum absolute atomic E-state index is 13.3. The molecule has 0 atom stereocenters. The van der Waals surface area contributed by atoms with Gasteiger partial charge in [-0.25, -0.2) is 4.39 Å². The lowest BCUT2D eigenvalue weighted by atomic mass is 10.0. The Kier molecular flexibility index (Phi) is 8.74. The van der Waals surface area contributed by atoms with Gasteiger partial charge in [-0.1, -0.05) is 66.2 Å². The van der Waals surface area contributed by atoms with Gasteiger partial charge in [0.2, 0.25) is 0 Å². The van der Waals surface area contributed by atoms with Crippen LogP contribution in [0.4, 0.5) is 4.39 Å². The molecular formula is C32H28BrClFN3O. The first kappa shape index (κ1) is 27.1. The van der Waals surface area contributed by atoms with Gasteiger partial charge in [0, 0.05) is 35.7 Å². The van der Waals surface area contributed by atoms with Gasteiger partial charge in [0.25, 0.3) is 0 Å². The Morgan fingerprint density at radius 2 is 1.69 bits per heavy atom. The lowest BCUT2D eigenvalue weighted by molar-refractivity contribution is -0.119. The van der Waals surface area contributed by atoms with Crippen LogP contribution >= 0.6 is 27.5 Å². The summed E-state index contributed by atoms with van der Waals surface area (Å²) in [7, 11) is 0. The molecule has 0 amide bonds. The van der Waals surface area contributed by atoms with Crippen molar-refractivity contribution in [2.45, 2.75) is 38.8 Å². The second-order valence-electron chi connectivity index (χ2n) is 9.62. The van der Waals surface area contributed by atoms with E-state index in [2.05, 4.69) is 62.8 Å². The minimum atomic E-state index is -0.262. The maximum atomic E-state index is 13.3. The van der Waals surface area contributed by atoms with Crippen molar-refractivity contribution in [2.24, 2.45) is 0 Å². The molecule has 1 N–H and O–H groups in total. The monoisotopic (exact) mass is 603 g/mol.